The van der Waals surface area contributed by atoms with Crippen molar-refractivity contribution in [3.8, 4) is 5.69 Å². The molecule has 4 heteroatoms. The number of benzene rings is 3. The second kappa shape index (κ2) is 8.80. The molecule has 6 aromatic rings. The van der Waals surface area contributed by atoms with Gasteiger partial charge in [-0.2, -0.15) is 0 Å². The molecular weight excluding hydrogens is 440 g/mol. The van der Waals surface area contributed by atoms with Crippen LogP contribution >= 0.6 is 0 Å². The minimum Gasteiger partial charge on any atom is -0.384 e. The number of rotatable bonds is 5. The Morgan fingerprint density at radius 2 is 1.36 bits per heavy atom. The summed E-state index contributed by atoms with van der Waals surface area (Å²) in [6.07, 6.45) is 3.23. The number of pyridine rings is 2. The molecule has 0 saturated carbocycles. The minimum absolute atomic E-state index is 0.843. The summed E-state index contributed by atoms with van der Waals surface area (Å²) in [6, 6.07) is 26.0. The summed E-state index contributed by atoms with van der Waals surface area (Å²) in [5.74, 6) is 0. The van der Waals surface area contributed by atoms with E-state index in [4.69, 9.17) is 9.97 Å². The second-order valence-corrected chi connectivity index (χ2v) is 9.85. The zero-order valence-corrected chi connectivity index (χ0v) is 21.3. The lowest BCUT2D eigenvalue weighted by Gasteiger charge is -2.12. The predicted molar refractivity (Wildman–Crippen MR) is 151 cm³/mol. The molecule has 0 aliphatic heterocycles. The van der Waals surface area contributed by atoms with Gasteiger partial charge in [0.25, 0.3) is 0 Å². The van der Waals surface area contributed by atoms with Crippen molar-refractivity contribution < 1.29 is 0 Å². The van der Waals surface area contributed by atoms with Gasteiger partial charge < -0.3 is 9.88 Å². The predicted octanol–water partition coefficient (Wildman–Crippen LogP) is 7.62. The third kappa shape index (κ3) is 3.99. The van der Waals surface area contributed by atoms with Crippen LogP contribution in [0.25, 0.3) is 38.4 Å². The smallest absolute Gasteiger partial charge is 0.0726 e. The molecule has 3 aromatic heterocycles. The normalized spacial score (nSPS) is 11.6. The Morgan fingerprint density at radius 3 is 2.14 bits per heavy atom. The molecule has 0 radical (unpaired) electrons. The van der Waals surface area contributed by atoms with E-state index < -0.39 is 0 Å². The second-order valence-electron chi connectivity index (χ2n) is 9.85. The maximum absolute atomic E-state index is 4.78. The zero-order valence-electron chi connectivity index (χ0n) is 21.3. The summed E-state index contributed by atoms with van der Waals surface area (Å²) >= 11 is 0. The van der Waals surface area contributed by atoms with Crippen LogP contribution in [-0.2, 0) is 6.42 Å². The Bertz CT molecular complexity index is 1760. The molecule has 6 rings (SSSR count). The fraction of sp³-hybridized carbons (Fsp3) is 0.188. The number of aryl methyl sites for hydroxylation is 4. The lowest BCUT2D eigenvalue weighted by molar-refractivity contribution is 1.01. The largest absolute Gasteiger partial charge is 0.384 e. The van der Waals surface area contributed by atoms with E-state index in [1.165, 1.54) is 44.1 Å². The van der Waals surface area contributed by atoms with Gasteiger partial charge in [-0.3, -0.25) is 9.97 Å². The molecule has 178 valence electrons. The van der Waals surface area contributed by atoms with E-state index in [-0.39, 0.29) is 0 Å². The summed E-state index contributed by atoms with van der Waals surface area (Å²) in [5, 5.41) is 7.36. The fourth-order valence-electron chi connectivity index (χ4n) is 5.25. The Balaban J connectivity index is 1.38. The van der Waals surface area contributed by atoms with Crippen molar-refractivity contribution in [2.24, 2.45) is 0 Å². The molecule has 0 aliphatic rings. The van der Waals surface area contributed by atoms with Gasteiger partial charge in [-0.05, 0) is 82.1 Å². The van der Waals surface area contributed by atoms with Crippen molar-refractivity contribution >= 4 is 38.4 Å². The highest BCUT2D eigenvalue weighted by Crippen LogP contribution is 2.31. The number of hydrogen-bond donors (Lipinski definition) is 1. The average molecular weight is 471 g/mol. The van der Waals surface area contributed by atoms with E-state index in [0.717, 1.165) is 41.1 Å². The lowest BCUT2D eigenvalue weighted by Crippen LogP contribution is -2.06. The van der Waals surface area contributed by atoms with Gasteiger partial charge in [0.1, 0.15) is 0 Å². The number of nitrogens with one attached hydrogen (secondary N) is 1. The first kappa shape index (κ1) is 22.3. The van der Waals surface area contributed by atoms with Crippen molar-refractivity contribution in [2.75, 3.05) is 11.9 Å². The average Bonchev–Trinajstić information content (AvgIpc) is 3.22. The van der Waals surface area contributed by atoms with Gasteiger partial charge in [0.15, 0.2) is 0 Å². The third-order valence-electron chi connectivity index (χ3n) is 6.93. The summed E-state index contributed by atoms with van der Waals surface area (Å²) < 4.78 is 2.34. The molecule has 0 amide bonds. The number of para-hydroxylation sites is 1. The highest BCUT2D eigenvalue weighted by Gasteiger charge is 2.13. The molecule has 0 unspecified atom stereocenters. The first-order chi connectivity index (χ1) is 17.5. The Hall–Kier alpha value is -4.18. The number of anilines is 1. The third-order valence-corrected chi connectivity index (χ3v) is 6.93. The molecule has 0 spiro atoms. The highest BCUT2D eigenvalue weighted by molar-refractivity contribution is 5.93. The summed E-state index contributed by atoms with van der Waals surface area (Å²) in [4.78, 5) is 9.49. The molecule has 1 N–H and O–H groups in total. The van der Waals surface area contributed by atoms with Crippen LogP contribution in [-0.4, -0.2) is 21.1 Å². The van der Waals surface area contributed by atoms with Crippen LogP contribution in [0.5, 0.6) is 0 Å². The maximum atomic E-state index is 4.78. The van der Waals surface area contributed by atoms with Crippen LogP contribution < -0.4 is 5.32 Å². The van der Waals surface area contributed by atoms with E-state index in [0.29, 0.717) is 0 Å². The van der Waals surface area contributed by atoms with Crippen molar-refractivity contribution in [3.63, 3.8) is 0 Å². The Morgan fingerprint density at radius 1 is 0.694 bits per heavy atom. The number of hydrogen-bond acceptors (Lipinski definition) is 3. The van der Waals surface area contributed by atoms with Crippen LogP contribution in [0.4, 0.5) is 5.69 Å². The van der Waals surface area contributed by atoms with Crippen LogP contribution in [0.2, 0.25) is 0 Å². The summed E-state index contributed by atoms with van der Waals surface area (Å²) in [6.45, 7) is 9.24. The molecule has 0 saturated heterocycles. The van der Waals surface area contributed by atoms with Crippen LogP contribution in [0.3, 0.4) is 0 Å². The minimum atomic E-state index is 0.843. The number of nitrogens with zero attached hydrogens (tertiary/aromatic N) is 3. The van der Waals surface area contributed by atoms with Gasteiger partial charge in [0.2, 0.25) is 0 Å². The van der Waals surface area contributed by atoms with Gasteiger partial charge >= 0.3 is 0 Å². The quantitative estimate of drug-likeness (QED) is 0.282. The number of aromatic nitrogens is 3. The van der Waals surface area contributed by atoms with E-state index in [9.17, 15) is 0 Å². The molecule has 36 heavy (non-hydrogen) atoms. The molecule has 0 atom stereocenters. The number of fused-ring (bicyclic) bond motifs is 3. The first-order valence-corrected chi connectivity index (χ1v) is 12.6. The van der Waals surface area contributed by atoms with Gasteiger partial charge in [-0.1, -0.05) is 41.5 Å². The van der Waals surface area contributed by atoms with Crippen molar-refractivity contribution in [1.29, 1.82) is 0 Å². The van der Waals surface area contributed by atoms with Crippen LogP contribution in [0.1, 0.15) is 28.1 Å². The van der Waals surface area contributed by atoms with Gasteiger partial charge in [-0.25, -0.2) is 0 Å². The van der Waals surface area contributed by atoms with Crippen molar-refractivity contribution in [2.45, 2.75) is 34.1 Å². The van der Waals surface area contributed by atoms with Gasteiger partial charge in [0.05, 0.1) is 22.2 Å². The van der Waals surface area contributed by atoms with Gasteiger partial charge in [-0.15, -0.1) is 0 Å². The van der Waals surface area contributed by atoms with Crippen LogP contribution in [0.15, 0.2) is 79.0 Å². The molecule has 0 aliphatic carbocycles. The fourth-order valence-corrected chi connectivity index (χ4v) is 5.25. The van der Waals surface area contributed by atoms with E-state index >= 15 is 0 Å². The Kier molecular flexibility index (Phi) is 5.45. The van der Waals surface area contributed by atoms with E-state index in [2.05, 4.69) is 117 Å². The molecule has 4 nitrogen and oxygen atoms in total. The summed E-state index contributed by atoms with van der Waals surface area (Å²) in [7, 11) is 0. The maximum Gasteiger partial charge on any atom is 0.0726 e. The zero-order chi connectivity index (χ0) is 24.8. The first-order valence-electron chi connectivity index (χ1n) is 12.6. The standard InChI is InChI=1S/C32H30N4/c1-20-9-11-28-26(15-20)30(17-22(3)34-28)33-14-13-24-19-36(31-8-6-5-7-25(24)31)32-18-23(4)35-29-12-10-21(2)16-27(29)32/h5-12,15-19H,13-14H2,1-4H3,(H,33,34). The van der Waals surface area contributed by atoms with Crippen LogP contribution in [0, 0.1) is 27.7 Å². The van der Waals surface area contributed by atoms with Crippen molar-refractivity contribution in [1.82, 2.24) is 14.5 Å². The molecule has 0 fully saturated rings. The molecular formula is C32H30N4. The monoisotopic (exact) mass is 470 g/mol. The SMILES string of the molecule is Cc1ccc2nc(C)cc(NCCc3cn(-c4cc(C)nc5ccc(C)cc45)c4ccccc34)c2c1. The van der Waals surface area contributed by atoms with Gasteiger partial charge in [0, 0.05) is 46.0 Å². The Labute approximate surface area is 211 Å². The molecule has 0 bridgehead atoms. The van der Waals surface area contributed by atoms with E-state index in [1.807, 2.05) is 0 Å². The summed E-state index contributed by atoms with van der Waals surface area (Å²) in [5.41, 5.74) is 11.5. The lowest BCUT2D eigenvalue weighted by atomic mass is 10.1. The topological polar surface area (TPSA) is 42.7 Å². The van der Waals surface area contributed by atoms with Crippen molar-refractivity contribution in [3.05, 3.63) is 107 Å². The molecule has 3 heterocycles. The van der Waals surface area contributed by atoms with E-state index in [1.54, 1.807) is 0 Å². The molecule has 3 aromatic carbocycles. The highest BCUT2D eigenvalue weighted by atomic mass is 15.0.